The lowest BCUT2D eigenvalue weighted by Crippen LogP contribution is -2.75. The molecule has 21 heavy (non-hydrogen) atoms. The highest BCUT2D eigenvalue weighted by Crippen LogP contribution is 2.33. The van der Waals surface area contributed by atoms with E-state index in [9.17, 15) is 18.0 Å². The van der Waals surface area contributed by atoms with Gasteiger partial charge in [0.2, 0.25) is 11.8 Å². The molecule has 7 heteroatoms. The van der Waals surface area contributed by atoms with Crippen LogP contribution in [0.4, 0.5) is 0 Å². The molecule has 1 rings (SSSR count). The second-order valence-electron chi connectivity index (χ2n) is 5.97. The van der Waals surface area contributed by atoms with Crippen molar-refractivity contribution in [1.82, 2.24) is 10.2 Å². The summed E-state index contributed by atoms with van der Waals surface area (Å²) < 4.78 is 22.9. The van der Waals surface area contributed by atoms with E-state index in [-0.39, 0.29) is 24.1 Å². The van der Waals surface area contributed by atoms with Crippen LogP contribution < -0.4 is 5.32 Å². The van der Waals surface area contributed by atoms with Gasteiger partial charge in [0.1, 0.15) is 20.9 Å². The number of nitrogens with one attached hydrogen (secondary N) is 1. The average molecular weight is 318 g/mol. The standard InChI is InChI=1S/C14H26N2O4S/c1-6-13(4)12(18)16(9-10-21(5,19)20)14(7-2,8-3)11(17)15-13/h6-10H2,1-5H3,(H,15,17). The number of hydrogen-bond donors (Lipinski definition) is 1. The van der Waals surface area contributed by atoms with Gasteiger partial charge >= 0.3 is 0 Å². The van der Waals surface area contributed by atoms with Crippen molar-refractivity contribution in [3.8, 4) is 0 Å². The Labute approximate surface area is 127 Å². The summed E-state index contributed by atoms with van der Waals surface area (Å²) in [6, 6.07) is 0. The van der Waals surface area contributed by atoms with E-state index >= 15 is 0 Å². The number of hydrogen-bond acceptors (Lipinski definition) is 4. The second-order valence-corrected chi connectivity index (χ2v) is 8.22. The van der Waals surface area contributed by atoms with Crippen LogP contribution in [0.1, 0.15) is 47.0 Å². The normalized spacial score (nSPS) is 25.9. The monoisotopic (exact) mass is 318 g/mol. The van der Waals surface area contributed by atoms with Crippen molar-refractivity contribution in [2.75, 3.05) is 18.6 Å². The van der Waals surface area contributed by atoms with Crippen LogP contribution >= 0.6 is 0 Å². The van der Waals surface area contributed by atoms with Crippen molar-refractivity contribution in [2.24, 2.45) is 0 Å². The smallest absolute Gasteiger partial charge is 0.248 e. The quantitative estimate of drug-likeness (QED) is 0.782. The van der Waals surface area contributed by atoms with Crippen LogP contribution in [0.15, 0.2) is 0 Å². The Hall–Kier alpha value is -1.11. The maximum atomic E-state index is 12.8. The van der Waals surface area contributed by atoms with Crippen molar-refractivity contribution in [3.63, 3.8) is 0 Å². The molecule has 0 bridgehead atoms. The zero-order valence-corrected chi connectivity index (χ0v) is 14.3. The molecule has 1 fully saturated rings. The van der Waals surface area contributed by atoms with E-state index in [1.165, 1.54) is 4.90 Å². The Morgan fingerprint density at radius 2 is 1.62 bits per heavy atom. The third-order valence-electron chi connectivity index (χ3n) is 4.61. The highest BCUT2D eigenvalue weighted by Gasteiger charge is 2.54. The molecule has 0 radical (unpaired) electrons. The molecule has 0 saturated carbocycles. The fourth-order valence-electron chi connectivity index (χ4n) is 2.80. The van der Waals surface area contributed by atoms with Crippen LogP contribution in [0.3, 0.4) is 0 Å². The summed E-state index contributed by atoms with van der Waals surface area (Å²) in [5.74, 6) is -0.519. The molecule has 1 N–H and O–H groups in total. The van der Waals surface area contributed by atoms with Crippen molar-refractivity contribution >= 4 is 21.7 Å². The number of carbonyl (C=O) groups is 2. The van der Waals surface area contributed by atoms with Gasteiger partial charge in [-0.3, -0.25) is 9.59 Å². The van der Waals surface area contributed by atoms with Crippen molar-refractivity contribution in [3.05, 3.63) is 0 Å². The molecular formula is C14H26N2O4S. The molecule has 1 aliphatic rings. The number of carbonyl (C=O) groups excluding carboxylic acids is 2. The SMILES string of the molecule is CCC1(C)NC(=O)C(CC)(CC)N(CCS(C)(=O)=O)C1=O. The Balaban J connectivity index is 3.25. The molecule has 0 spiro atoms. The molecule has 122 valence electrons. The largest absolute Gasteiger partial charge is 0.340 e. The summed E-state index contributed by atoms with van der Waals surface area (Å²) in [6.07, 6.45) is 2.53. The number of piperazine rings is 1. The summed E-state index contributed by atoms with van der Waals surface area (Å²) >= 11 is 0. The third-order valence-corrected chi connectivity index (χ3v) is 5.53. The predicted octanol–water partition coefficient (Wildman–Crippen LogP) is 0.717. The van der Waals surface area contributed by atoms with Gasteiger partial charge in [-0.1, -0.05) is 20.8 Å². The van der Waals surface area contributed by atoms with E-state index in [0.717, 1.165) is 6.26 Å². The van der Waals surface area contributed by atoms with Gasteiger partial charge in [-0.25, -0.2) is 8.42 Å². The van der Waals surface area contributed by atoms with Gasteiger partial charge in [0, 0.05) is 12.8 Å². The summed E-state index contributed by atoms with van der Waals surface area (Å²) in [5.41, 5.74) is -1.90. The first-order chi connectivity index (χ1) is 9.56. The Morgan fingerprint density at radius 3 is 2.00 bits per heavy atom. The second kappa shape index (κ2) is 5.94. The highest BCUT2D eigenvalue weighted by molar-refractivity contribution is 7.90. The molecule has 2 amide bonds. The van der Waals surface area contributed by atoms with Gasteiger partial charge in [0.05, 0.1) is 5.75 Å². The van der Waals surface area contributed by atoms with Crippen LogP contribution in [-0.2, 0) is 19.4 Å². The Morgan fingerprint density at radius 1 is 1.10 bits per heavy atom. The molecule has 6 nitrogen and oxygen atoms in total. The molecule has 0 aromatic carbocycles. The van der Waals surface area contributed by atoms with Crippen molar-refractivity contribution < 1.29 is 18.0 Å². The van der Waals surface area contributed by atoms with E-state index in [2.05, 4.69) is 5.32 Å². The summed E-state index contributed by atoms with van der Waals surface area (Å²) in [6.45, 7) is 7.27. The molecule has 0 aromatic rings. The maximum Gasteiger partial charge on any atom is 0.248 e. The molecule has 1 aliphatic heterocycles. The zero-order valence-electron chi connectivity index (χ0n) is 13.5. The lowest BCUT2D eigenvalue weighted by atomic mass is 9.81. The maximum absolute atomic E-state index is 12.8. The third kappa shape index (κ3) is 3.22. The van der Waals surface area contributed by atoms with Gasteiger partial charge in [-0.05, 0) is 26.2 Å². The first-order valence-corrected chi connectivity index (χ1v) is 9.44. The molecule has 0 aliphatic carbocycles. The lowest BCUT2D eigenvalue weighted by molar-refractivity contribution is -0.163. The minimum absolute atomic E-state index is 0.0579. The summed E-state index contributed by atoms with van der Waals surface area (Å²) in [7, 11) is -3.20. The number of amides is 2. The van der Waals surface area contributed by atoms with Gasteiger partial charge < -0.3 is 10.2 Å². The van der Waals surface area contributed by atoms with Gasteiger partial charge in [0.25, 0.3) is 0 Å². The Kier molecular flexibility index (Phi) is 5.08. The van der Waals surface area contributed by atoms with E-state index < -0.39 is 20.9 Å². The molecule has 1 heterocycles. The summed E-state index contributed by atoms with van der Waals surface area (Å²) in [4.78, 5) is 26.9. The van der Waals surface area contributed by atoms with Crippen LogP contribution in [0.5, 0.6) is 0 Å². The first kappa shape index (κ1) is 17.9. The predicted molar refractivity (Wildman–Crippen MR) is 81.6 cm³/mol. The van der Waals surface area contributed by atoms with E-state index in [4.69, 9.17) is 0 Å². The fourth-order valence-corrected chi connectivity index (χ4v) is 3.31. The Bertz CT molecular complexity index is 525. The van der Waals surface area contributed by atoms with Crippen LogP contribution in [0.2, 0.25) is 0 Å². The summed E-state index contributed by atoms with van der Waals surface area (Å²) in [5, 5.41) is 2.83. The molecule has 1 saturated heterocycles. The molecular weight excluding hydrogens is 292 g/mol. The highest BCUT2D eigenvalue weighted by atomic mass is 32.2. The average Bonchev–Trinajstić information content (AvgIpc) is 2.40. The van der Waals surface area contributed by atoms with E-state index in [1.807, 2.05) is 20.8 Å². The fraction of sp³-hybridized carbons (Fsp3) is 0.857. The van der Waals surface area contributed by atoms with E-state index in [0.29, 0.717) is 19.3 Å². The molecule has 0 aromatic heterocycles. The van der Waals surface area contributed by atoms with Crippen LogP contribution in [0, 0.1) is 0 Å². The van der Waals surface area contributed by atoms with E-state index in [1.54, 1.807) is 6.92 Å². The molecule has 1 atom stereocenters. The minimum atomic E-state index is -3.20. The van der Waals surface area contributed by atoms with Crippen molar-refractivity contribution in [2.45, 2.75) is 58.0 Å². The van der Waals surface area contributed by atoms with Crippen LogP contribution in [-0.4, -0.2) is 54.8 Å². The number of rotatable bonds is 6. The van der Waals surface area contributed by atoms with Gasteiger partial charge in [-0.2, -0.15) is 0 Å². The minimum Gasteiger partial charge on any atom is -0.340 e. The lowest BCUT2D eigenvalue weighted by Gasteiger charge is -2.51. The zero-order chi connectivity index (χ0) is 16.5. The topological polar surface area (TPSA) is 83.6 Å². The van der Waals surface area contributed by atoms with Gasteiger partial charge in [0.15, 0.2) is 0 Å². The molecule has 1 unspecified atom stereocenters. The first-order valence-electron chi connectivity index (χ1n) is 7.38. The number of nitrogens with zero attached hydrogens (tertiary/aromatic N) is 1. The van der Waals surface area contributed by atoms with Gasteiger partial charge in [-0.15, -0.1) is 0 Å². The van der Waals surface area contributed by atoms with Crippen molar-refractivity contribution in [1.29, 1.82) is 0 Å². The number of sulfone groups is 1. The van der Waals surface area contributed by atoms with Crippen LogP contribution in [0.25, 0.3) is 0 Å².